The van der Waals surface area contributed by atoms with Gasteiger partial charge in [0.1, 0.15) is 6.04 Å². The van der Waals surface area contributed by atoms with E-state index in [1.807, 2.05) is 42.5 Å². The van der Waals surface area contributed by atoms with Crippen LogP contribution < -0.4 is 11.1 Å². The molecule has 94 valence electrons. The first-order valence-electron chi connectivity index (χ1n) is 5.48. The topological polar surface area (TPSA) is 55.1 Å². The van der Waals surface area contributed by atoms with Gasteiger partial charge in [0.15, 0.2) is 0 Å². The highest BCUT2D eigenvalue weighted by Crippen LogP contribution is 2.22. The quantitative estimate of drug-likeness (QED) is 0.885. The molecule has 0 aliphatic heterocycles. The Morgan fingerprint density at radius 3 is 2.56 bits per heavy atom. The number of nitrogens with one attached hydrogen (secondary N) is 1. The van der Waals surface area contributed by atoms with Gasteiger partial charge in [-0.2, -0.15) is 0 Å². The Morgan fingerprint density at radius 2 is 2.00 bits per heavy atom. The fourth-order valence-electron chi connectivity index (χ4n) is 1.68. The summed E-state index contributed by atoms with van der Waals surface area (Å²) in [6, 6.07) is 12.7. The zero-order valence-electron chi connectivity index (χ0n) is 9.60. The second-order valence-electron chi connectivity index (χ2n) is 3.83. The number of benzene rings is 1. The Labute approximate surface area is 115 Å². The van der Waals surface area contributed by atoms with Crippen molar-refractivity contribution in [3.05, 3.63) is 57.2 Å². The van der Waals surface area contributed by atoms with E-state index in [-0.39, 0.29) is 5.91 Å². The van der Waals surface area contributed by atoms with Gasteiger partial charge in [0.05, 0.1) is 4.34 Å². The van der Waals surface area contributed by atoms with Crippen molar-refractivity contribution in [2.75, 3.05) is 0 Å². The molecule has 0 saturated heterocycles. The van der Waals surface area contributed by atoms with Crippen LogP contribution in [0.2, 0.25) is 4.34 Å². The molecular formula is C13H13ClN2OS. The van der Waals surface area contributed by atoms with Gasteiger partial charge in [0, 0.05) is 11.4 Å². The van der Waals surface area contributed by atoms with Crippen LogP contribution in [0.5, 0.6) is 0 Å². The molecule has 3 N–H and O–H groups in total. The lowest BCUT2D eigenvalue weighted by molar-refractivity contribution is -0.120. The van der Waals surface area contributed by atoms with Crippen LogP contribution in [-0.2, 0) is 11.3 Å². The summed E-state index contributed by atoms with van der Waals surface area (Å²) in [7, 11) is 0. The zero-order valence-corrected chi connectivity index (χ0v) is 11.2. The molecule has 3 nitrogen and oxygen atoms in total. The fraction of sp³-hybridized carbons (Fsp3) is 0.154. The summed E-state index contributed by atoms with van der Waals surface area (Å²) in [5.41, 5.74) is 6.28. The highest BCUT2D eigenvalue weighted by atomic mass is 35.5. The zero-order chi connectivity index (χ0) is 13.0. The minimum absolute atomic E-state index is 0.385. The predicted molar refractivity (Wildman–Crippen MR) is 74.5 cm³/mol. The molecule has 2 aromatic rings. The number of nitrogens with two attached hydrogens (primary N) is 1. The lowest BCUT2D eigenvalue weighted by Crippen LogP contribution is -2.33. The summed E-state index contributed by atoms with van der Waals surface area (Å²) in [5.74, 6) is -0.385. The second-order valence-corrected chi connectivity index (χ2v) is 5.63. The van der Waals surface area contributed by atoms with Gasteiger partial charge in [0.25, 0.3) is 0 Å². The Hall–Kier alpha value is -1.36. The molecule has 0 fully saturated rings. The Bertz CT molecular complexity index is 527. The van der Waals surface area contributed by atoms with Crippen molar-refractivity contribution in [1.29, 1.82) is 0 Å². The highest BCUT2D eigenvalue weighted by Gasteiger charge is 2.16. The lowest BCUT2D eigenvalue weighted by atomic mass is 10.1. The van der Waals surface area contributed by atoms with E-state index in [1.54, 1.807) is 0 Å². The third kappa shape index (κ3) is 3.32. The number of amides is 1. The average Bonchev–Trinajstić information content (AvgIpc) is 2.76. The minimum Gasteiger partial charge on any atom is -0.368 e. The van der Waals surface area contributed by atoms with E-state index in [2.05, 4.69) is 5.32 Å². The number of halogens is 1. The molecular weight excluding hydrogens is 268 g/mol. The highest BCUT2D eigenvalue weighted by molar-refractivity contribution is 7.16. The third-order valence-electron chi connectivity index (χ3n) is 2.53. The molecule has 1 aromatic carbocycles. The number of primary amides is 1. The van der Waals surface area contributed by atoms with E-state index < -0.39 is 6.04 Å². The van der Waals surface area contributed by atoms with Crippen LogP contribution in [0.25, 0.3) is 0 Å². The van der Waals surface area contributed by atoms with E-state index in [1.165, 1.54) is 11.3 Å². The molecule has 2 rings (SSSR count). The van der Waals surface area contributed by atoms with Crippen LogP contribution in [0, 0.1) is 0 Å². The number of carbonyl (C=O) groups is 1. The van der Waals surface area contributed by atoms with Gasteiger partial charge < -0.3 is 5.73 Å². The van der Waals surface area contributed by atoms with Crippen molar-refractivity contribution in [3.8, 4) is 0 Å². The molecule has 1 atom stereocenters. The van der Waals surface area contributed by atoms with E-state index in [0.29, 0.717) is 6.54 Å². The van der Waals surface area contributed by atoms with Crippen molar-refractivity contribution in [3.63, 3.8) is 0 Å². The number of hydrogen-bond acceptors (Lipinski definition) is 3. The monoisotopic (exact) mass is 280 g/mol. The molecule has 0 radical (unpaired) electrons. The van der Waals surface area contributed by atoms with Crippen molar-refractivity contribution in [1.82, 2.24) is 5.32 Å². The first-order valence-corrected chi connectivity index (χ1v) is 6.68. The largest absolute Gasteiger partial charge is 0.368 e. The van der Waals surface area contributed by atoms with Crippen LogP contribution in [0.1, 0.15) is 16.5 Å². The summed E-state index contributed by atoms with van der Waals surface area (Å²) >= 11 is 7.34. The third-order valence-corrected chi connectivity index (χ3v) is 3.76. The Kier molecular flexibility index (Phi) is 4.36. The SMILES string of the molecule is NC(=O)[C@@H](NCc1ccc(Cl)s1)c1ccccc1. The van der Waals surface area contributed by atoms with E-state index >= 15 is 0 Å². The maximum atomic E-state index is 11.5. The average molecular weight is 281 g/mol. The van der Waals surface area contributed by atoms with Crippen LogP contribution >= 0.6 is 22.9 Å². The standard InChI is InChI=1S/C13H13ClN2OS/c14-11-7-6-10(18-11)8-16-12(13(15)17)9-4-2-1-3-5-9/h1-7,12,16H,8H2,(H2,15,17)/t12-/m0/s1. The number of hydrogen-bond donors (Lipinski definition) is 2. The van der Waals surface area contributed by atoms with Crippen molar-refractivity contribution in [2.24, 2.45) is 5.73 Å². The number of thiophene rings is 1. The summed E-state index contributed by atoms with van der Waals surface area (Å²) < 4.78 is 0.738. The molecule has 0 saturated carbocycles. The summed E-state index contributed by atoms with van der Waals surface area (Å²) in [6.45, 7) is 0.569. The van der Waals surface area contributed by atoms with Crippen molar-refractivity contribution in [2.45, 2.75) is 12.6 Å². The normalized spacial score (nSPS) is 12.3. The van der Waals surface area contributed by atoms with Crippen LogP contribution in [-0.4, -0.2) is 5.91 Å². The maximum absolute atomic E-state index is 11.5. The van der Waals surface area contributed by atoms with Gasteiger partial charge in [-0.05, 0) is 17.7 Å². The van der Waals surface area contributed by atoms with Crippen molar-refractivity contribution < 1.29 is 4.79 Å². The molecule has 0 unspecified atom stereocenters. The fourth-order valence-corrected chi connectivity index (χ4v) is 2.72. The lowest BCUT2D eigenvalue weighted by Gasteiger charge is -2.15. The molecule has 5 heteroatoms. The van der Waals surface area contributed by atoms with E-state index in [4.69, 9.17) is 17.3 Å². The van der Waals surface area contributed by atoms with Crippen molar-refractivity contribution >= 4 is 28.8 Å². The summed E-state index contributed by atoms with van der Waals surface area (Å²) in [6.07, 6.45) is 0. The molecule has 0 aliphatic rings. The minimum atomic E-state index is -0.480. The first kappa shape index (κ1) is 13.1. The molecule has 1 heterocycles. The molecule has 18 heavy (non-hydrogen) atoms. The molecule has 1 aromatic heterocycles. The van der Waals surface area contributed by atoms with Gasteiger partial charge in [0.2, 0.25) is 5.91 Å². The molecule has 1 amide bonds. The number of rotatable bonds is 5. The predicted octanol–water partition coefficient (Wildman–Crippen LogP) is 2.72. The van der Waals surface area contributed by atoms with Gasteiger partial charge >= 0.3 is 0 Å². The van der Waals surface area contributed by atoms with E-state index in [9.17, 15) is 4.79 Å². The molecule has 0 bridgehead atoms. The molecule has 0 aliphatic carbocycles. The van der Waals surface area contributed by atoms with Gasteiger partial charge in [-0.25, -0.2) is 0 Å². The first-order chi connectivity index (χ1) is 8.66. The van der Waals surface area contributed by atoms with Crippen LogP contribution in [0.3, 0.4) is 0 Å². The van der Waals surface area contributed by atoms with E-state index in [0.717, 1.165) is 14.8 Å². The van der Waals surface area contributed by atoms with Gasteiger partial charge in [-0.3, -0.25) is 10.1 Å². The maximum Gasteiger partial charge on any atom is 0.239 e. The number of carbonyl (C=O) groups excluding carboxylic acids is 1. The smallest absolute Gasteiger partial charge is 0.239 e. The Morgan fingerprint density at radius 1 is 1.28 bits per heavy atom. The van der Waals surface area contributed by atoms with Gasteiger partial charge in [-0.15, -0.1) is 11.3 Å². The van der Waals surface area contributed by atoms with Crippen LogP contribution in [0.4, 0.5) is 0 Å². The molecule has 0 spiro atoms. The second kappa shape index (κ2) is 6.00. The van der Waals surface area contributed by atoms with Crippen LogP contribution in [0.15, 0.2) is 42.5 Å². The van der Waals surface area contributed by atoms with Gasteiger partial charge in [-0.1, -0.05) is 41.9 Å². The summed E-state index contributed by atoms with van der Waals surface area (Å²) in [5, 5.41) is 3.14. The Balaban J connectivity index is 2.06. The summed E-state index contributed by atoms with van der Waals surface area (Å²) in [4.78, 5) is 12.5.